The van der Waals surface area contributed by atoms with E-state index in [-0.39, 0.29) is 0 Å². The molecule has 1 aromatic carbocycles. The lowest BCUT2D eigenvalue weighted by atomic mass is 9.72. The largest absolute Gasteiger partial charge is 0.310 e. The lowest BCUT2D eigenvalue weighted by molar-refractivity contribution is 0.175. The second kappa shape index (κ2) is 8.88. The highest BCUT2D eigenvalue weighted by Gasteiger charge is 2.32. The smallest absolute Gasteiger partial charge is 0.0362 e. The third-order valence-electron chi connectivity index (χ3n) is 4.83. The van der Waals surface area contributed by atoms with Crippen molar-refractivity contribution in [3.8, 4) is 0 Å². The highest BCUT2D eigenvalue weighted by molar-refractivity contribution is 14.1. The summed E-state index contributed by atoms with van der Waals surface area (Å²) in [4.78, 5) is 0. The monoisotopic (exact) mass is 463 g/mol. The van der Waals surface area contributed by atoms with Crippen LogP contribution >= 0.6 is 38.5 Å². The van der Waals surface area contributed by atoms with Crippen LogP contribution in [0.1, 0.15) is 64.0 Å². The van der Waals surface area contributed by atoms with Crippen molar-refractivity contribution in [2.24, 2.45) is 11.8 Å². The van der Waals surface area contributed by atoms with Crippen LogP contribution in [0.2, 0.25) is 0 Å². The number of rotatable bonds is 6. The highest BCUT2D eigenvalue weighted by Crippen LogP contribution is 2.41. The number of benzene rings is 1. The molecule has 0 aromatic heterocycles. The van der Waals surface area contributed by atoms with Gasteiger partial charge in [0.05, 0.1) is 0 Å². The second-order valence-corrected chi connectivity index (χ2v) is 8.29. The van der Waals surface area contributed by atoms with Crippen molar-refractivity contribution in [3.05, 3.63) is 31.8 Å². The maximum Gasteiger partial charge on any atom is 0.0362 e. The predicted octanol–water partition coefficient (Wildman–Crippen LogP) is 6.31. The van der Waals surface area contributed by atoms with Gasteiger partial charge in [-0.3, -0.25) is 0 Å². The fraction of sp³-hybridized carbons (Fsp3) is 0.667. The Labute approximate surface area is 151 Å². The zero-order chi connectivity index (χ0) is 15.2. The Morgan fingerprint density at radius 3 is 2.76 bits per heavy atom. The van der Waals surface area contributed by atoms with Crippen LogP contribution in [0.5, 0.6) is 0 Å². The molecule has 21 heavy (non-hydrogen) atoms. The van der Waals surface area contributed by atoms with Gasteiger partial charge in [-0.2, -0.15) is 0 Å². The van der Waals surface area contributed by atoms with Crippen molar-refractivity contribution in [2.75, 3.05) is 6.54 Å². The van der Waals surface area contributed by atoms with E-state index in [1.54, 1.807) is 0 Å². The molecule has 0 saturated heterocycles. The normalized spacial score (nSPS) is 24.0. The molecular weight excluding hydrogens is 437 g/mol. The van der Waals surface area contributed by atoms with Gasteiger partial charge in [-0.15, -0.1) is 0 Å². The van der Waals surface area contributed by atoms with Gasteiger partial charge in [0.1, 0.15) is 0 Å². The summed E-state index contributed by atoms with van der Waals surface area (Å²) in [6.07, 6.45) is 8.13. The first kappa shape index (κ1) is 17.7. The van der Waals surface area contributed by atoms with Gasteiger partial charge < -0.3 is 5.32 Å². The molecule has 0 radical (unpaired) electrons. The van der Waals surface area contributed by atoms with E-state index in [0.717, 1.165) is 18.4 Å². The molecule has 1 aliphatic carbocycles. The fourth-order valence-corrected chi connectivity index (χ4v) is 4.78. The third kappa shape index (κ3) is 4.68. The van der Waals surface area contributed by atoms with Gasteiger partial charge in [0.2, 0.25) is 0 Å². The van der Waals surface area contributed by atoms with Crippen LogP contribution in [0.4, 0.5) is 0 Å². The van der Waals surface area contributed by atoms with Crippen LogP contribution < -0.4 is 5.32 Å². The molecule has 1 saturated carbocycles. The summed E-state index contributed by atoms with van der Waals surface area (Å²) in [5.41, 5.74) is 1.49. The van der Waals surface area contributed by atoms with Gasteiger partial charge in [0.25, 0.3) is 0 Å². The third-order valence-corrected chi connectivity index (χ3v) is 6.30. The van der Waals surface area contributed by atoms with E-state index in [1.165, 1.54) is 52.1 Å². The van der Waals surface area contributed by atoms with E-state index in [2.05, 4.69) is 75.9 Å². The van der Waals surface area contributed by atoms with Crippen LogP contribution in [0.3, 0.4) is 0 Å². The summed E-state index contributed by atoms with van der Waals surface area (Å²) in [7, 11) is 0. The van der Waals surface area contributed by atoms with Crippen LogP contribution in [0.15, 0.2) is 22.7 Å². The lowest BCUT2D eigenvalue weighted by Gasteiger charge is -2.38. The molecule has 1 N–H and O–H groups in total. The van der Waals surface area contributed by atoms with Gasteiger partial charge in [-0.25, -0.2) is 0 Å². The maximum absolute atomic E-state index is 3.86. The van der Waals surface area contributed by atoms with Crippen molar-refractivity contribution in [1.29, 1.82) is 0 Å². The van der Waals surface area contributed by atoms with E-state index in [1.807, 2.05) is 0 Å². The zero-order valence-corrected chi connectivity index (χ0v) is 16.9. The van der Waals surface area contributed by atoms with E-state index in [4.69, 9.17) is 0 Å². The first-order valence-electron chi connectivity index (χ1n) is 8.35. The number of halogens is 2. The van der Waals surface area contributed by atoms with E-state index < -0.39 is 0 Å². The van der Waals surface area contributed by atoms with Crippen LogP contribution in [0.25, 0.3) is 0 Å². The summed E-state index contributed by atoms with van der Waals surface area (Å²) in [6.45, 7) is 5.74. The minimum absolute atomic E-state index is 0.514. The molecule has 0 bridgehead atoms. The summed E-state index contributed by atoms with van der Waals surface area (Å²) >= 11 is 6.16. The minimum Gasteiger partial charge on any atom is -0.310 e. The Morgan fingerprint density at radius 1 is 1.29 bits per heavy atom. The Bertz CT molecular complexity index is 449. The number of hydrogen-bond donors (Lipinski definition) is 1. The predicted molar refractivity (Wildman–Crippen MR) is 104 cm³/mol. The topological polar surface area (TPSA) is 12.0 Å². The number of hydrogen-bond acceptors (Lipinski definition) is 1. The molecular formula is C18H27BrIN. The van der Waals surface area contributed by atoms with E-state index >= 15 is 0 Å². The molecule has 1 nitrogen and oxygen atoms in total. The molecule has 1 fully saturated rings. The molecule has 3 unspecified atom stereocenters. The van der Waals surface area contributed by atoms with Crippen LogP contribution in [-0.2, 0) is 0 Å². The summed E-state index contributed by atoms with van der Waals surface area (Å²) in [6, 6.07) is 7.24. The lowest BCUT2D eigenvalue weighted by Crippen LogP contribution is -2.35. The average Bonchev–Trinajstić information content (AvgIpc) is 2.51. The Balaban J connectivity index is 2.30. The Morgan fingerprint density at radius 2 is 2.05 bits per heavy atom. The van der Waals surface area contributed by atoms with Crippen LogP contribution in [0, 0.1) is 15.4 Å². The van der Waals surface area contributed by atoms with Gasteiger partial charge >= 0.3 is 0 Å². The van der Waals surface area contributed by atoms with Gasteiger partial charge in [0.15, 0.2) is 0 Å². The molecule has 3 heteroatoms. The molecule has 0 heterocycles. The summed E-state index contributed by atoms with van der Waals surface area (Å²) in [5.74, 6) is 1.67. The molecule has 1 aliphatic rings. The van der Waals surface area contributed by atoms with E-state index in [0.29, 0.717) is 6.04 Å². The van der Waals surface area contributed by atoms with Crippen molar-refractivity contribution < 1.29 is 0 Å². The molecule has 0 spiro atoms. The van der Waals surface area contributed by atoms with Crippen molar-refractivity contribution in [3.63, 3.8) is 0 Å². The van der Waals surface area contributed by atoms with Crippen molar-refractivity contribution >= 4 is 38.5 Å². The molecule has 1 aromatic rings. The first-order chi connectivity index (χ1) is 10.2. The molecule has 2 rings (SSSR count). The Kier molecular flexibility index (Phi) is 7.50. The van der Waals surface area contributed by atoms with Gasteiger partial charge in [0, 0.05) is 14.1 Å². The SMILES string of the molecule is CCCNC(c1cc(Br)ccc1I)C1CCCCC1CC. The maximum atomic E-state index is 3.86. The van der Waals surface area contributed by atoms with Crippen molar-refractivity contribution in [1.82, 2.24) is 5.32 Å². The van der Waals surface area contributed by atoms with Crippen molar-refractivity contribution in [2.45, 2.75) is 58.4 Å². The molecule has 3 atom stereocenters. The summed E-state index contributed by atoms with van der Waals surface area (Å²) < 4.78 is 2.59. The molecule has 0 amide bonds. The first-order valence-corrected chi connectivity index (χ1v) is 10.2. The Hall–Kier alpha value is 0.390. The summed E-state index contributed by atoms with van der Waals surface area (Å²) in [5, 5.41) is 3.86. The van der Waals surface area contributed by atoms with Gasteiger partial charge in [-0.1, -0.05) is 55.5 Å². The van der Waals surface area contributed by atoms with Gasteiger partial charge in [-0.05, 0) is 77.6 Å². The minimum atomic E-state index is 0.514. The molecule has 118 valence electrons. The quantitative estimate of drug-likeness (QED) is 0.487. The highest BCUT2D eigenvalue weighted by atomic mass is 127. The fourth-order valence-electron chi connectivity index (χ4n) is 3.73. The second-order valence-electron chi connectivity index (χ2n) is 6.21. The molecule has 0 aliphatic heterocycles. The average molecular weight is 464 g/mol. The zero-order valence-electron chi connectivity index (χ0n) is 13.2. The van der Waals surface area contributed by atoms with E-state index in [9.17, 15) is 0 Å². The van der Waals surface area contributed by atoms with Crippen LogP contribution in [-0.4, -0.2) is 6.54 Å². The standard InChI is InChI=1S/C18H27BrIN/c1-3-11-21-18(15-8-6-5-7-13(15)4-2)16-12-14(19)9-10-17(16)20/h9-10,12-13,15,18,21H,3-8,11H2,1-2H3. The number of nitrogens with one attached hydrogen (secondary N) is 1.